The van der Waals surface area contributed by atoms with Crippen molar-refractivity contribution < 1.29 is 4.79 Å². The van der Waals surface area contributed by atoms with E-state index in [1.165, 1.54) is 0 Å². The number of alkyl halides is 1. The summed E-state index contributed by atoms with van der Waals surface area (Å²) in [5.41, 5.74) is 0.666. The molecule has 0 aliphatic carbocycles. The number of benzene rings is 1. The van der Waals surface area contributed by atoms with E-state index in [0.29, 0.717) is 10.6 Å². The number of hydrogen-bond donors (Lipinski definition) is 0. The Morgan fingerprint density at radius 3 is 2.95 bits per heavy atom. The second-order valence-electron chi connectivity index (χ2n) is 4.94. The Bertz CT molecular complexity index is 479. The van der Waals surface area contributed by atoms with Crippen molar-refractivity contribution in [2.75, 3.05) is 6.54 Å². The summed E-state index contributed by atoms with van der Waals surface area (Å²) >= 11 is 14.3. The van der Waals surface area contributed by atoms with Crippen LogP contribution in [-0.4, -0.2) is 28.8 Å². The summed E-state index contributed by atoms with van der Waals surface area (Å²) in [6.07, 6.45) is 2.95. The van der Waals surface area contributed by atoms with E-state index in [1.807, 2.05) is 24.0 Å². The van der Waals surface area contributed by atoms with Gasteiger partial charge in [0.1, 0.15) is 0 Å². The minimum absolute atomic E-state index is 0.0677. The molecule has 1 fully saturated rings. The van der Waals surface area contributed by atoms with Gasteiger partial charge in [-0.2, -0.15) is 0 Å². The van der Waals surface area contributed by atoms with Crippen molar-refractivity contribution in [1.29, 1.82) is 0 Å². The lowest BCUT2D eigenvalue weighted by Crippen LogP contribution is -2.36. The smallest absolute Gasteiger partial charge is 0.254 e. The zero-order valence-corrected chi connectivity index (χ0v) is 14.4. The van der Waals surface area contributed by atoms with Crippen LogP contribution in [0.15, 0.2) is 18.2 Å². The number of halogens is 3. The van der Waals surface area contributed by atoms with Gasteiger partial charge < -0.3 is 4.90 Å². The molecule has 1 heterocycles. The minimum Gasteiger partial charge on any atom is -0.336 e. The predicted molar refractivity (Wildman–Crippen MR) is 88.2 cm³/mol. The lowest BCUT2D eigenvalue weighted by atomic mass is 10.1. The molecular formula is C14H16Cl2INO. The third-order valence-electron chi connectivity index (χ3n) is 3.40. The van der Waals surface area contributed by atoms with Crippen LogP contribution in [0.1, 0.15) is 36.5 Å². The zero-order valence-electron chi connectivity index (χ0n) is 10.7. The maximum Gasteiger partial charge on any atom is 0.254 e. The maximum atomic E-state index is 12.5. The van der Waals surface area contributed by atoms with E-state index >= 15 is 0 Å². The summed E-state index contributed by atoms with van der Waals surface area (Å²) in [4.78, 5) is 14.5. The van der Waals surface area contributed by atoms with Crippen LogP contribution in [0.25, 0.3) is 0 Å². The summed E-state index contributed by atoms with van der Waals surface area (Å²) in [6, 6.07) is 5.74. The van der Waals surface area contributed by atoms with Crippen molar-refractivity contribution in [3.63, 3.8) is 0 Å². The summed E-state index contributed by atoms with van der Waals surface area (Å²) in [5, 5.41) is 0.728. The van der Waals surface area contributed by atoms with Gasteiger partial charge in [0, 0.05) is 27.1 Å². The van der Waals surface area contributed by atoms with E-state index in [-0.39, 0.29) is 17.3 Å². The van der Waals surface area contributed by atoms with E-state index in [9.17, 15) is 4.79 Å². The number of rotatable bonds is 3. The molecule has 2 atom stereocenters. The molecule has 0 spiro atoms. The van der Waals surface area contributed by atoms with Crippen LogP contribution in [0, 0.1) is 3.57 Å². The topological polar surface area (TPSA) is 20.3 Å². The van der Waals surface area contributed by atoms with Gasteiger partial charge in [-0.3, -0.25) is 4.79 Å². The molecule has 0 N–H and O–H groups in total. The number of amides is 1. The Labute approximate surface area is 137 Å². The lowest BCUT2D eigenvalue weighted by molar-refractivity contribution is 0.0731. The predicted octanol–water partition coefficient (Wildman–Crippen LogP) is 4.57. The normalized spacial score (nSPS) is 20.6. The molecule has 2 unspecified atom stereocenters. The maximum absolute atomic E-state index is 12.5. The van der Waals surface area contributed by atoms with Crippen molar-refractivity contribution in [3.8, 4) is 0 Å². The standard InChI is InChI=1S/C14H16Cl2INO/c1-9(15)7-11-3-2-6-18(11)14(19)10-4-5-13(17)12(16)8-10/h4-5,8-9,11H,2-3,6-7H2,1H3. The molecule has 0 aromatic heterocycles. The van der Waals surface area contributed by atoms with Crippen LogP contribution in [-0.2, 0) is 0 Å². The second-order valence-corrected chi connectivity index (χ2v) is 7.25. The Balaban J connectivity index is 2.16. The number of hydrogen-bond acceptors (Lipinski definition) is 1. The first-order valence-electron chi connectivity index (χ1n) is 6.39. The number of carbonyl (C=O) groups is 1. The molecule has 1 aromatic carbocycles. The molecule has 19 heavy (non-hydrogen) atoms. The molecule has 1 aliphatic rings. The van der Waals surface area contributed by atoms with E-state index in [0.717, 1.165) is 29.4 Å². The van der Waals surface area contributed by atoms with Crippen LogP contribution in [0.3, 0.4) is 0 Å². The van der Waals surface area contributed by atoms with Gasteiger partial charge in [-0.1, -0.05) is 11.6 Å². The molecule has 1 aromatic rings. The molecule has 0 radical (unpaired) electrons. The van der Waals surface area contributed by atoms with Crippen molar-refractivity contribution >= 4 is 51.7 Å². The summed E-state index contributed by atoms with van der Waals surface area (Å²) < 4.78 is 0.961. The van der Waals surface area contributed by atoms with Crippen LogP contribution in [0.4, 0.5) is 0 Å². The van der Waals surface area contributed by atoms with E-state index in [1.54, 1.807) is 6.07 Å². The van der Waals surface area contributed by atoms with Crippen molar-refractivity contribution in [1.82, 2.24) is 4.90 Å². The number of nitrogens with zero attached hydrogens (tertiary/aromatic N) is 1. The summed E-state index contributed by atoms with van der Waals surface area (Å²) in [6.45, 7) is 2.79. The van der Waals surface area contributed by atoms with Crippen molar-refractivity contribution in [3.05, 3.63) is 32.4 Å². The van der Waals surface area contributed by atoms with Gasteiger partial charge in [0.25, 0.3) is 5.91 Å². The van der Waals surface area contributed by atoms with Gasteiger partial charge >= 0.3 is 0 Å². The van der Waals surface area contributed by atoms with Gasteiger partial charge in [-0.05, 0) is 67.0 Å². The highest BCUT2D eigenvalue weighted by molar-refractivity contribution is 14.1. The fourth-order valence-electron chi connectivity index (χ4n) is 2.52. The highest BCUT2D eigenvalue weighted by Crippen LogP contribution is 2.26. The number of carbonyl (C=O) groups excluding carboxylic acids is 1. The average molecular weight is 412 g/mol. The Hall–Kier alpha value is -0.0000000000000000555. The molecule has 0 bridgehead atoms. The Morgan fingerprint density at radius 2 is 2.32 bits per heavy atom. The summed E-state index contributed by atoms with van der Waals surface area (Å²) in [5.74, 6) is 0.0677. The molecule has 2 rings (SSSR count). The van der Waals surface area contributed by atoms with Crippen LogP contribution in [0.2, 0.25) is 5.02 Å². The average Bonchev–Trinajstić information content (AvgIpc) is 2.79. The third-order valence-corrected chi connectivity index (χ3v) is 5.15. The third kappa shape index (κ3) is 3.76. The largest absolute Gasteiger partial charge is 0.336 e. The van der Waals surface area contributed by atoms with Crippen LogP contribution >= 0.6 is 45.8 Å². The molecule has 0 saturated carbocycles. The first kappa shape index (κ1) is 15.4. The van der Waals surface area contributed by atoms with Crippen LogP contribution in [0.5, 0.6) is 0 Å². The Kier molecular flexibility index (Phi) is 5.37. The van der Waals surface area contributed by atoms with E-state index < -0.39 is 0 Å². The van der Waals surface area contributed by atoms with E-state index in [4.69, 9.17) is 23.2 Å². The lowest BCUT2D eigenvalue weighted by Gasteiger charge is -2.25. The molecule has 1 aliphatic heterocycles. The molecule has 104 valence electrons. The van der Waals surface area contributed by atoms with Gasteiger partial charge in [0.2, 0.25) is 0 Å². The highest BCUT2D eigenvalue weighted by Gasteiger charge is 2.30. The van der Waals surface area contributed by atoms with Gasteiger partial charge in [-0.15, -0.1) is 11.6 Å². The fraction of sp³-hybridized carbons (Fsp3) is 0.500. The summed E-state index contributed by atoms with van der Waals surface area (Å²) in [7, 11) is 0. The molecular weight excluding hydrogens is 396 g/mol. The minimum atomic E-state index is 0.0677. The highest BCUT2D eigenvalue weighted by atomic mass is 127. The van der Waals surface area contributed by atoms with Crippen molar-refractivity contribution in [2.45, 2.75) is 37.6 Å². The van der Waals surface area contributed by atoms with Crippen molar-refractivity contribution in [2.24, 2.45) is 0 Å². The van der Waals surface area contributed by atoms with Gasteiger partial charge in [0.05, 0.1) is 5.02 Å². The molecule has 1 saturated heterocycles. The molecule has 2 nitrogen and oxygen atoms in total. The SMILES string of the molecule is CC(Cl)CC1CCCN1C(=O)c1ccc(I)c(Cl)c1. The van der Waals surface area contributed by atoms with Gasteiger partial charge in [-0.25, -0.2) is 0 Å². The first-order chi connectivity index (χ1) is 8.99. The zero-order chi connectivity index (χ0) is 14.0. The molecule has 5 heteroatoms. The van der Waals surface area contributed by atoms with Gasteiger partial charge in [0.15, 0.2) is 0 Å². The van der Waals surface area contributed by atoms with E-state index in [2.05, 4.69) is 22.6 Å². The quantitative estimate of drug-likeness (QED) is 0.527. The Morgan fingerprint density at radius 1 is 1.58 bits per heavy atom. The number of likely N-dealkylation sites (tertiary alicyclic amines) is 1. The first-order valence-corrected chi connectivity index (χ1v) is 8.28. The fourth-order valence-corrected chi connectivity index (χ4v) is 3.24. The monoisotopic (exact) mass is 411 g/mol. The second kappa shape index (κ2) is 6.64. The van der Waals surface area contributed by atoms with Crippen LogP contribution < -0.4 is 0 Å². The molecule has 1 amide bonds.